The van der Waals surface area contributed by atoms with Gasteiger partial charge < -0.3 is 19.3 Å². The zero-order valence-electron chi connectivity index (χ0n) is 18.1. The molecule has 0 aliphatic rings. The van der Waals surface area contributed by atoms with Gasteiger partial charge in [0.2, 0.25) is 5.60 Å². The second-order valence-corrected chi connectivity index (χ2v) is 7.49. The Morgan fingerprint density at radius 3 is 2.32 bits per heavy atom. The first-order valence-corrected chi connectivity index (χ1v) is 10.3. The van der Waals surface area contributed by atoms with Crippen molar-refractivity contribution < 1.29 is 24.1 Å². The molecule has 0 radical (unpaired) electrons. The van der Waals surface area contributed by atoms with Gasteiger partial charge in [0.25, 0.3) is 0 Å². The monoisotopic (exact) mass is 420 g/mol. The lowest BCUT2D eigenvalue weighted by atomic mass is 9.92. The topological polar surface area (TPSA) is 65.0 Å². The van der Waals surface area contributed by atoms with Crippen LogP contribution in [0.15, 0.2) is 78.9 Å². The molecule has 3 aromatic carbocycles. The summed E-state index contributed by atoms with van der Waals surface area (Å²) < 4.78 is 17.0. The molecule has 0 spiro atoms. The van der Waals surface area contributed by atoms with Gasteiger partial charge in [-0.25, -0.2) is 4.79 Å². The van der Waals surface area contributed by atoms with Gasteiger partial charge in [0, 0.05) is 0 Å². The smallest absolute Gasteiger partial charge is 0.353 e. The maximum Gasteiger partial charge on any atom is 0.353 e. The van der Waals surface area contributed by atoms with E-state index < -0.39 is 17.7 Å². The van der Waals surface area contributed by atoms with Crippen LogP contribution < -0.4 is 9.47 Å². The molecule has 0 saturated heterocycles. The van der Waals surface area contributed by atoms with Crippen LogP contribution in [0, 0.1) is 6.92 Å². The van der Waals surface area contributed by atoms with Crippen molar-refractivity contribution in [2.45, 2.75) is 39.1 Å². The van der Waals surface area contributed by atoms with Gasteiger partial charge in [0.1, 0.15) is 24.2 Å². The third kappa shape index (κ3) is 5.64. The van der Waals surface area contributed by atoms with E-state index in [0.717, 1.165) is 11.1 Å². The highest BCUT2D eigenvalue weighted by molar-refractivity contribution is 5.80. The van der Waals surface area contributed by atoms with E-state index in [0.29, 0.717) is 23.7 Å². The second-order valence-electron chi connectivity index (χ2n) is 7.49. The Labute approximate surface area is 183 Å². The predicted molar refractivity (Wildman–Crippen MR) is 119 cm³/mol. The minimum absolute atomic E-state index is 0.185. The van der Waals surface area contributed by atoms with Crippen LogP contribution in [0.5, 0.6) is 11.5 Å². The zero-order chi connectivity index (χ0) is 22.3. The standard InChI is InChI=1S/C26H28O5/c1-4-29-25(28)26(3,31-23-12-8-9-19(2)17-23)24(27)21-13-15-22(16-14-21)30-18-20-10-6-5-7-11-20/h5-17,24,27H,4,18H2,1-3H3. The Balaban J connectivity index is 1.78. The van der Waals surface area contributed by atoms with E-state index in [1.54, 1.807) is 37.3 Å². The van der Waals surface area contributed by atoms with Crippen LogP contribution in [0.4, 0.5) is 0 Å². The molecule has 5 nitrogen and oxygen atoms in total. The molecule has 0 bridgehead atoms. The number of benzene rings is 3. The van der Waals surface area contributed by atoms with Gasteiger partial charge in [-0.1, -0.05) is 54.6 Å². The summed E-state index contributed by atoms with van der Waals surface area (Å²) >= 11 is 0. The first-order valence-electron chi connectivity index (χ1n) is 10.3. The van der Waals surface area contributed by atoms with Crippen molar-refractivity contribution in [3.63, 3.8) is 0 Å². The molecule has 31 heavy (non-hydrogen) atoms. The highest BCUT2D eigenvalue weighted by Crippen LogP contribution is 2.33. The predicted octanol–water partition coefficient (Wildman–Crippen LogP) is 5.01. The quantitative estimate of drug-likeness (QED) is 0.493. The number of aliphatic hydroxyl groups is 1. The van der Waals surface area contributed by atoms with Gasteiger partial charge in [-0.3, -0.25) is 0 Å². The lowest BCUT2D eigenvalue weighted by Crippen LogP contribution is -2.48. The summed E-state index contributed by atoms with van der Waals surface area (Å²) in [4.78, 5) is 12.8. The van der Waals surface area contributed by atoms with E-state index in [2.05, 4.69) is 0 Å². The Morgan fingerprint density at radius 2 is 1.68 bits per heavy atom. The Bertz CT molecular complexity index is 984. The summed E-state index contributed by atoms with van der Waals surface area (Å²) in [5, 5.41) is 11.1. The van der Waals surface area contributed by atoms with Gasteiger partial charge in [-0.05, 0) is 61.7 Å². The number of carbonyl (C=O) groups is 1. The van der Waals surface area contributed by atoms with Gasteiger partial charge in [-0.15, -0.1) is 0 Å². The summed E-state index contributed by atoms with van der Waals surface area (Å²) in [6.45, 7) is 5.82. The van der Waals surface area contributed by atoms with Gasteiger partial charge in [0.05, 0.1) is 6.61 Å². The molecule has 0 amide bonds. The maximum absolute atomic E-state index is 12.8. The lowest BCUT2D eigenvalue weighted by molar-refractivity contribution is -0.171. The summed E-state index contributed by atoms with van der Waals surface area (Å²) in [6.07, 6.45) is -1.24. The molecule has 2 atom stereocenters. The number of aliphatic hydroxyl groups excluding tert-OH is 1. The average molecular weight is 421 g/mol. The highest BCUT2D eigenvalue weighted by Gasteiger charge is 2.45. The number of carbonyl (C=O) groups excluding carboxylic acids is 1. The van der Waals surface area contributed by atoms with Crippen LogP contribution in [0.25, 0.3) is 0 Å². The molecule has 0 fully saturated rings. The Hall–Kier alpha value is -3.31. The Morgan fingerprint density at radius 1 is 0.968 bits per heavy atom. The van der Waals surface area contributed by atoms with E-state index in [1.807, 2.05) is 55.5 Å². The number of aryl methyl sites for hydroxylation is 1. The molecule has 3 rings (SSSR count). The van der Waals surface area contributed by atoms with Crippen molar-refractivity contribution in [2.75, 3.05) is 6.61 Å². The van der Waals surface area contributed by atoms with E-state index in [1.165, 1.54) is 6.92 Å². The van der Waals surface area contributed by atoms with Crippen molar-refractivity contribution in [1.29, 1.82) is 0 Å². The number of rotatable bonds is 9. The number of esters is 1. The molecule has 0 heterocycles. The first kappa shape index (κ1) is 22.4. The molecule has 3 aromatic rings. The summed E-state index contributed by atoms with van der Waals surface area (Å²) in [6, 6.07) is 24.2. The second kappa shape index (κ2) is 10.1. The Kier molecular flexibility index (Phi) is 7.32. The van der Waals surface area contributed by atoms with E-state index in [9.17, 15) is 9.90 Å². The van der Waals surface area contributed by atoms with Crippen LogP contribution in [-0.4, -0.2) is 23.3 Å². The molecule has 0 aromatic heterocycles. The van der Waals surface area contributed by atoms with Crippen LogP contribution in [-0.2, 0) is 16.1 Å². The van der Waals surface area contributed by atoms with Gasteiger partial charge >= 0.3 is 5.97 Å². The fraction of sp³-hybridized carbons (Fsp3) is 0.269. The largest absolute Gasteiger partial charge is 0.489 e. The molecule has 1 N–H and O–H groups in total. The van der Waals surface area contributed by atoms with E-state index >= 15 is 0 Å². The molecule has 2 unspecified atom stereocenters. The van der Waals surface area contributed by atoms with E-state index in [4.69, 9.17) is 14.2 Å². The fourth-order valence-electron chi connectivity index (χ4n) is 3.21. The van der Waals surface area contributed by atoms with Crippen molar-refractivity contribution in [2.24, 2.45) is 0 Å². The summed E-state index contributed by atoms with van der Waals surface area (Å²) in [7, 11) is 0. The molecule has 162 valence electrons. The molecular weight excluding hydrogens is 392 g/mol. The molecule has 0 aliphatic carbocycles. The number of ether oxygens (including phenoxy) is 3. The normalized spacial score (nSPS) is 13.7. The SMILES string of the molecule is CCOC(=O)C(C)(Oc1cccc(C)c1)C(O)c1ccc(OCc2ccccc2)cc1. The summed E-state index contributed by atoms with van der Waals surface area (Å²) in [5.41, 5.74) is 0.956. The maximum atomic E-state index is 12.8. The van der Waals surface area contributed by atoms with Crippen LogP contribution in [0.1, 0.15) is 36.6 Å². The number of hydrogen-bond donors (Lipinski definition) is 1. The third-order valence-corrected chi connectivity index (χ3v) is 4.97. The average Bonchev–Trinajstić information content (AvgIpc) is 2.78. The van der Waals surface area contributed by atoms with Crippen LogP contribution in [0.3, 0.4) is 0 Å². The van der Waals surface area contributed by atoms with Crippen molar-refractivity contribution in [3.05, 3.63) is 95.6 Å². The highest BCUT2D eigenvalue weighted by atomic mass is 16.6. The molecule has 0 saturated carbocycles. The zero-order valence-corrected chi connectivity index (χ0v) is 18.1. The third-order valence-electron chi connectivity index (χ3n) is 4.97. The van der Waals surface area contributed by atoms with E-state index in [-0.39, 0.29) is 6.61 Å². The van der Waals surface area contributed by atoms with Crippen molar-refractivity contribution >= 4 is 5.97 Å². The first-order chi connectivity index (χ1) is 14.9. The lowest BCUT2D eigenvalue weighted by Gasteiger charge is -2.33. The summed E-state index contributed by atoms with van der Waals surface area (Å²) in [5.74, 6) is 0.517. The number of hydrogen-bond acceptors (Lipinski definition) is 5. The van der Waals surface area contributed by atoms with Crippen molar-refractivity contribution in [1.82, 2.24) is 0 Å². The van der Waals surface area contributed by atoms with Crippen LogP contribution in [0.2, 0.25) is 0 Å². The van der Waals surface area contributed by atoms with Crippen LogP contribution >= 0.6 is 0 Å². The minimum atomic E-state index is -1.61. The molecular formula is C26H28O5. The van der Waals surface area contributed by atoms with Gasteiger partial charge in [-0.2, -0.15) is 0 Å². The molecule has 0 aliphatic heterocycles. The molecule has 5 heteroatoms. The van der Waals surface area contributed by atoms with Crippen molar-refractivity contribution in [3.8, 4) is 11.5 Å². The van der Waals surface area contributed by atoms with Gasteiger partial charge in [0.15, 0.2) is 0 Å². The fourth-order valence-corrected chi connectivity index (χ4v) is 3.21. The minimum Gasteiger partial charge on any atom is -0.489 e.